The summed E-state index contributed by atoms with van der Waals surface area (Å²) >= 11 is 0. The van der Waals surface area contributed by atoms with Crippen LogP contribution in [0.3, 0.4) is 0 Å². The van der Waals surface area contributed by atoms with Gasteiger partial charge in [-0.3, -0.25) is 9.59 Å². The number of rotatable bonds is 5. The first kappa shape index (κ1) is 17.2. The van der Waals surface area contributed by atoms with E-state index in [4.69, 9.17) is 0 Å². The Morgan fingerprint density at radius 2 is 2.05 bits per heavy atom. The lowest BCUT2D eigenvalue weighted by atomic mass is 10.1. The lowest BCUT2D eigenvalue weighted by Gasteiger charge is -2.13. The van der Waals surface area contributed by atoms with E-state index >= 15 is 0 Å². The molecule has 0 saturated carbocycles. The quantitative estimate of drug-likeness (QED) is 0.786. The zero-order valence-electron chi connectivity index (χ0n) is 12.1. The smallest absolute Gasteiger partial charge is 0.252 e. The molecule has 0 spiro atoms. The molecule has 0 aliphatic heterocycles. The van der Waals surface area contributed by atoms with Crippen molar-refractivity contribution in [3.05, 3.63) is 46.2 Å². The summed E-state index contributed by atoms with van der Waals surface area (Å²) in [5, 5.41) is 6.82. The number of halogens is 1. The summed E-state index contributed by atoms with van der Waals surface area (Å²) < 4.78 is 0. The second-order valence-electron chi connectivity index (χ2n) is 4.76. The van der Waals surface area contributed by atoms with Gasteiger partial charge >= 0.3 is 0 Å². The average Bonchev–Trinajstić information content (AvgIpc) is 2.44. The highest BCUT2D eigenvalue weighted by molar-refractivity contribution is 6.05. The van der Waals surface area contributed by atoms with Crippen LogP contribution in [0.4, 0.5) is 0 Å². The Bertz CT molecular complexity index is 669. The maximum absolute atomic E-state index is 12.2. The molecule has 0 unspecified atom stereocenters. The Hall–Kier alpha value is -1.85. The van der Waals surface area contributed by atoms with Gasteiger partial charge < -0.3 is 15.6 Å². The fourth-order valence-electron chi connectivity index (χ4n) is 2.15. The summed E-state index contributed by atoms with van der Waals surface area (Å²) in [6, 6.07) is 8.82. The van der Waals surface area contributed by atoms with Gasteiger partial charge in [0, 0.05) is 29.6 Å². The van der Waals surface area contributed by atoms with Crippen LogP contribution in [0.5, 0.6) is 0 Å². The summed E-state index contributed by atoms with van der Waals surface area (Å²) in [7, 11) is 0. The van der Waals surface area contributed by atoms with Crippen LogP contribution < -0.4 is 16.2 Å². The lowest BCUT2D eigenvalue weighted by molar-refractivity contribution is 0.0951. The van der Waals surface area contributed by atoms with E-state index < -0.39 is 0 Å². The van der Waals surface area contributed by atoms with Gasteiger partial charge in [0.05, 0.1) is 5.56 Å². The number of aromatic nitrogens is 1. The van der Waals surface area contributed by atoms with Gasteiger partial charge in [-0.25, -0.2) is 0 Å². The highest BCUT2D eigenvalue weighted by Gasteiger charge is 2.12. The van der Waals surface area contributed by atoms with Crippen LogP contribution >= 0.6 is 12.4 Å². The molecule has 0 aliphatic carbocycles. The van der Waals surface area contributed by atoms with E-state index in [1.165, 1.54) is 6.07 Å². The van der Waals surface area contributed by atoms with Crippen LogP contribution in [0.25, 0.3) is 10.9 Å². The summed E-state index contributed by atoms with van der Waals surface area (Å²) in [6.45, 7) is 5.39. The molecule has 1 amide bonds. The number of nitrogens with one attached hydrogen (secondary N) is 3. The van der Waals surface area contributed by atoms with Gasteiger partial charge in [0.15, 0.2) is 0 Å². The Labute approximate surface area is 129 Å². The van der Waals surface area contributed by atoms with Crippen molar-refractivity contribution >= 4 is 29.2 Å². The molecule has 1 heterocycles. The Morgan fingerprint density at radius 1 is 1.33 bits per heavy atom. The molecule has 6 heteroatoms. The maximum atomic E-state index is 12.2. The van der Waals surface area contributed by atoms with Crippen molar-refractivity contribution in [2.75, 3.05) is 13.1 Å². The average molecular weight is 310 g/mol. The van der Waals surface area contributed by atoms with Crippen LogP contribution in [-0.4, -0.2) is 30.0 Å². The van der Waals surface area contributed by atoms with Crippen LogP contribution in [0.15, 0.2) is 35.1 Å². The van der Waals surface area contributed by atoms with Crippen molar-refractivity contribution in [2.24, 2.45) is 0 Å². The van der Waals surface area contributed by atoms with Gasteiger partial charge in [-0.1, -0.05) is 25.1 Å². The van der Waals surface area contributed by atoms with Crippen LogP contribution in [0.1, 0.15) is 24.2 Å². The molecule has 21 heavy (non-hydrogen) atoms. The number of benzene rings is 1. The van der Waals surface area contributed by atoms with Crippen LogP contribution in [-0.2, 0) is 0 Å². The molecular formula is C15H20ClN3O2. The number of aromatic amines is 1. The molecule has 2 aromatic rings. The molecule has 3 N–H and O–H groups in total. The highest BCUT2D eigenvalue weighted by Crippen LogP contribution is 2.14. The minimum Gasteiger partial charge on any atom is -0.350 e. The molecular weight excluding hydrogens is 290 g/mol. The van der Waals surface area contributed by atoms with Crippen molar-refractivity contribution in [3.8, 4) is 0 Å². The van der Waals surface area contributed by atoms with E-state index in [9.17, 15) is 9.59 Å². The first-order valence-corrected chi connectivity index (χ1v) is 6.75. The largest absolute Gasteiger partial charge is 0.350 e. The van der Waals surface area contributed by atoms with E-state index in [1.54, 1.807) is 6.07 Å². The Morgan fingerprint density at radius 3 is 2.76 bits per heavy atom. The second kappa shape index (κ2) is 7.81. The SMILES string of the molecule is CCN[C@H](C)CNC(=O)c1cc(=O)[nH]c2ccccc12.Cl. The highest BCUT2D eigenvalue weighted by atomic mass is 35.5. The Kier molecular flexibility index (Phi) is 6.39. The van der Waals surface area contributed by atoms with Gasteiger partial charge in [0.2, 0.25) is 5.56 Å². The number of likely N-dealkylation sites (N-methyl/N-ethyl adjacent to an activating group) is 1. The van der Waals surface area contributed by atoms with Gasteiger partial charge in [-0.2, -0.15) is 0 Å². The Balaban J connectivity index is 0.00000220. The van der Waals surface area contributed by atoms with Crippen molar-refractivity contribution in [1.82, 2.24) is 15.6 Å². The van der Waals surface area contributed by atoms with Gasteiger partial charge in [-0.15, -0.1) is 12.4 Å². The number of amides is 1. The molecule has 0 bridgehead atoms. The fraction of sp³-hybridized carbons (Fsp3) is 0.333. The number of carbonyl (C=O) groups excluding carboxylic acids is 1. The number of hydrogen-bond acceptors (Lipinski definition) is 3. The van der Waals surface area contributed by atoms with Crippen molar-refractivity contribution in [2.45, 2.75) is 19.9 Å². The van der Waals surface area contributed by atoms with E-state index in [2.05, 4.69) is 15.6 Å². The number of carbonyl (C=O) groups is 1. The third-order valence-electron chi connectivity index (χ3n) is 3.12. The van der Waals surface area contributed by atoms with Crippen LogP contribution in [0, 0.1) is 0 Å². The van der Waals surface area contributed by atoms with Gasteiger partial charge in [0.1, 0.15) is 0 Å². The fourth-order valence-corrected chi connectivity index (χ4v) is 2.15. The third kappa shape index (κ3) is 4.31. The minimum atomic E-state index is -0.270. The molecule has 0 saturated heterocycles. The standard InChI is InChI=1S/C15H19N3O2.ClH/c1-3-16-10(2)9-17-15(20)12-8-14(19)18-13-7-5-4-6-11(12)13;/h4-8,10,16H,3,9H2,1-2H3,(H,17,20)(H,18,19);1H/t10-;/m1./s1. The number of pyridine rings is 1. The van der Waals surface area contributed by atoms with Crippen LogP contribution in [0.2, 0.25) is 0 Å². The van der Waals surface area contributed by atoms with E-state index in [0.29, 0.717) is 17.6 Å². The first-order chi connectivity index (χ1) is 9.61. The predicted octanol–water partition coefficient (Wildman–Crippen LogP) is 1.68. The monoisotopic (exact) mass is 309 g/mol. The number of fused-ring (bicyclic) bond motifs is 1. The molecule has 1 aromatic carbocycles. The topological polar surface area (TPSA) is 74.0 Å². The van der Waals surface area contributed by atoms with Crippen molar-refractivity contribution < 1.29 is 4.79 Å². The summed E-state index contributed by atoms with van der Waals surface area (Å²) in [5.74, 6) is -0.225. The van der Waals surface area contributed by atoms with E-state index in [-0.39, 0.29) is 29.9 Å². The molecule has 0 fully saturated rings. The predicted molar refractivity (Wildman–Crippen MR) is 87.3 cm³/mol. The number of para-hydroxylation sites is 1. The molecule has 114 valence electrons. The van der Waals surface area contributed by atoms with Gasteiger partial charge in [0.25, 0.3) is 5.91 Å². The second-order valence-corrected chi connectivity index (χ2v) is 4.76. The summed E-state index contributed by atoms with van der Waals surface area (Å²) in [4.78, 5) is 26.6. The molecule has 0 aliphatic rings. The van der Waals surface area contributed by atoms with E-state index in [0.717, 1.165) is 11.9 Å². The zero-order chi connectivity index (χ0) is 14.5. The first-order valence-electron chi connectivity index (χ1n) is 6.75. The minimum absolute atomic E-state index is 0. The molecule has 1 atom stereocenters. The summed E-state index contributed by atoms with van der Waals surface area (Å²) in [6.07, 6.45) is 0. The number of hydrogen-bond donors (Lipinski definition) is 3. The maximum Gasteiger partial charge on any atom is 0.252 e. The van der Waals surface area contributed by atoms with Crippen molar-refractivity contribution in [1.29, 1.82) is 0 Å². The summed E-state index contributed by atoms with van der Waals surface area (Å²) in [5.41, 5.74) is 0.812. The van der Waals surface area contributed by atoms with Gasteiger partial charge in [-0.05, 0) is 19.5 Å². The molecule has 1 aromatic heterocycles. The lowest BCUT2D eigenvalue weighted by Crippen LogP contribution is -2.39. The molecule has 0 radical (unpaired) electrons. The number of H-pyrrole nitrogens is 1. The zero-order valence-corrected chi connectivity index (χ0v) is 12.9. The van der Waals surface area contributed by atoms with Crippen molar-refractivity contribution in [3.63, 3.8) is 0 Å². The molecule has 2 rings (SSSR count). The third-order valence-corrected chi connectivity index (χ3v) is 3.12. The molecule has 5 nitrogen and oxygen atoms in total. The normalized spacial score (nSPS) is 11.7. The van der Waals surface area contributed by atoms with E-state index in [1.807, 2.05) is 32.0 Å².